The largest absolute Gasteiger partial charge is 0.490 e. The van der Waals surface area contributed by atoms with Crippen molar-refractivity contribution in [2.24, 2.45) is 13.0 Å². The first-order valence-corrected chi connectivity index (χ1v) is 26.6. The van der Waals surface area contributed by atoms with Crippen LogP contribution in [0.25, 0.3) is 32.2 Å². The van der Waals surface area contributed by atoms with Crippen molar-refractivity contribution in [1.29, 1.82) is 0 Å². The molecule has 0 bridgehead atoms. The summed E-state index contributed by atoms with van der Waals surface area (Å²) >= 11 is 1.44. The molecule has 4 aromatic carbocycles. The molecule has 3 fully saturated rings. The van der Waals surface area contributed by atoms with Crippen molar-refractivity contribution in [1.82, 2.24) is 25.0 Å². The Hall–Kier alpha value is -7.17. The number of carboxylic acids is 1. The number of ether oxygens (including phenoxy) is 1. The fourth-order valence-electron chi connectivity index (χ4n) is 11.7. The first kappa shape index (κ1) is 48.1. The van der Waals surface area contributed by atoms with Gasteiger partial charge < -0.3 is 14.7 Å². The number of aromatic nitrogens is 4. The maximum absolute atomic E-state index is 13.6. The number of nitrogens with one attached hydrogen (secondary N) is 3. The van der Waals surface area contributed by atoms with Gasteiger partial charge in [0, 0.05) is 85.9 Å². The van der Waals surface area contributed by atoms with E-state index in [1.807, 2.05) is 85.4 Å². The SMILES string of the molecule is Cc1cc(OC2CCC(CC[C@H](C)N3CCN(c4ccc5c(C6CCC(=O)NC6=O)nn(C)c5c4)CC3)CC2)ccc1-c1ccc(N2CCc3cccc(C(=O)Nc4nc5ccccc5s4)c3C2)[nH+]c1C(=O)O. The number of hydrogen-bond donors (Lipinski definition) is 3. The van der Waals surface area contributed by atoms with E-state index in [-0.39, 0.29) is 29.5 Å². The molecular weight excluding hydrogens is 939 g/mol. The predicted molar refractivity (Wildman–Crippen MR) is 284 cm³/mol. The monoisotopic (exact) mass is 1000 g/mol. The number of benzene rings is 4. The normalized spacial score (nSPS) is 20.0. The fourth-order valence-corrected chi connectivity index (χ4v) is 12.5. The number of aryl methyl sites for hydroxylation is 2. The maximum atomic E-state index is 13.6. The highest BCUT2D eigenvalue weighted by atomic mass is 32.1. The smallest absolute Gasteiger partial charge is 0.376 e. The van der Waals surface area contributed by atoms with E-state index in [2.05, 4.69) is 66.5 Å². The van der Waals surface area contributed by atoms with E-state index in [0.29, 0.717) is 66.4 Å². The van der Waals surface area contributed by atoms with E-state index in [0.717, 1.165) is 107 Å². The molecule has 2 saturated heterocycles. The van der Waals surface area contributed by atoms with E-state index < -0.39 is 11.9 Å². The van der Waals surface area contributed by atoms with Gasteiger partial charge in [0.25, 0.3) is 11.7 Å². The van der Waals surface area contributed by atoms with Crippen LogP contribution >= 0.6 is 11.3 Å². The summed E-state index contributed by atoms with van der Waals surface area (Å²) in [6, 6.07) is 30.3. The van der Waals surface area contributed by atoms with Crippen molar-refractivity contribution in [2.45, 2.75) is 96.2 Å². The number of thiazole rings is 1. The number of nitrogens with zero attached hydrogens (tertiary/aromatic N) is 6. The number of pyridine rings is 1. The maximum Gasteiger partial charge on any atom is 0.376 e. The Labute approximate surface area is 428 Å². The van der Waals surface area contributed by atoms with Crippen molar-refractivity contribution in [2.75, 3.05) is 47.8 Å². The van der Waals surface area contributed by atoms with Crippen molar-refractivity contribution in [3.05, 3.63) is 125 Å². The zero-order valence-electron chi connectivity index (χ0n) is 41.7. The second-order valence-corrected chi connectivity index (χ2v) is 21.4. The summed E-state index contributed by atoms with van der Waals surface area (Å²) in [6.45, 7) is 9.43. The van der Waals surface area contributed by atoms with Crippen molar-refractivity contribution in [3.8, 4) is 16.9 Å². The summed E-state index contributed by atoms with van der Waals surface area (Å²) in [7, 11) is 1.92. The first-order valence-electron chi connectivity index (χ1n) is 25.8. The van der Waals surface area contributed by atoms with Crippen LogP contribution in [0.4, 0.5) is 16.6 Å². The Morgan fingerprint density at radius 2 is 1.70 bits per heavy atom. The van der Waals surface area contributed by atoms with Gasteiger partial charge in [0.05, 0.1) is 40.0 Å². The number of aromatic carboxylic acids is 1. The quantitative estimate of drug-likeness (QED) is 0.0941. The van der Waals surface area contributed by atoms with Crippen LogP contribution in [0.1, 0.15) is 107 Å². The number of carbonyl (C=O) groups excluding carboxylic acids is 3. The molecule has 0 radical (unpaired) electrons. The minimum absolute atomic E-state index is 0.111. The molecule has 376 valence electrons. The van der Waals surface area contributed by atoms with Gasteiger partial charge in [0.15, 0.2) is 5.13 Å². The molecule has 15 nitrogen and oxygen atoms in total. The van der Waals surface area contributed by atoms with Gasteiger partial charge in [-0.3, -0.25) is 39.5 Å². The van der Waals surface area contributed by atoms with E-state index in [9.17, 15) is 24.3 Å². The highest BCUT2D eigenvalue weighted by Gasteiger charge is 2.33. The van der Waals surface area contributed by atoms with Crippen LogP contribution in [-0.4, -0.2) is 93.3 Å². The second-order valence-electron chi connectivity index (χ2n) is 20.4. The van der Waals surface area contributed by atoms with E-state index >= 15 is 0 Å². The van der Waals surface area contributed by atoms with Crippen molar-refractivity contribution in [3.63, 3.8) is 0 Å². The van der Waals surface area contributed by atoms with Crippen LogP contribution in [0.2, 0.25) is 0 Å². The fraction of sp³-hybridized carbons (Fsp3) is 0.386. The molecule has 3 aliphatic heterocycles. The van der Waals surface area contributed by atoms with Crippen molar-refractivity contribution >= 4 is 72.8 Å². The van der Waals surface area contributed by atoms with Gasteiger partial charge in [-0.05, 0) is 136 Å². The molecule has 6 heterocycles. The van der Waals surface area contributed by atoms with E-state index in [4.69, 9.17) is 9.84 Å². The number of fused-ring (bicyclic) bond motifs is 3. The Morgan fingerprint density at radius 3 is 2.48 bits per heavy atom. The third-order valence-electron chi connectivity index (χ3n) is 15.8. The summed E-state index contributed by atoms with van der Waals surface area (Å²) in [5.74, 6) is 0.0319. The van der Waals surface area contributed by atoms with Crippen LogP contribution in [0.15, 0.2) is 91.0 Å². The molecule has 1 unspecified atom stereocenters. The van der Waals surface area contributed by atoms with Gasteiger partial charge in [0.1, 0.15) is 12.3 Å². The third-order valence-corrected chi connectivity index (χ3v) is 16.8. The minimum Gasteiger partial charge on any atom is -0.490 e. The average Bonchev–Trinajstić information content (AvgIpc) is 3.97. The summed E-state index contributed by atoms with van der Waals surface area (Å²) < 4.78 is 9.44. The minimum atomic E-state index is -1.04. The number of anilines is 3. The number of carbonyl (C=O) groups is 4. The molecule has 16 heteroatoms. The molecule has 1 aliphatic carbocycles. The molecule has 1 saturated carbocycles. The number of piperidine rings is 1. The number of rotatable bonds is 13. The number of piperazine rings is 1. The molecule has 3 aromatic heterocycles. The summed E-state index contributed by atoms with van der Waals surface area (Å²) in [6.07, 6.45) is 8.41. The molecule has 4 N–H and O–H groups in total. The van der Waals surface area contributed by atoms with Crippen LogP contribution in [0.3, 0.4) is 0 Å². The number of hydrogen-bond acceptors (Lipinski definition) is 11. The Kier molecular flexibility index (Phi) is 13.4. The number of H-pyrrole nitrogens is 1. The highest BCUT2D eigenvalue weighted by molar-refractivity contribution is 7.22. The Balaban J connectivity index is 0.656. The number of imide groups is 1. The lowest BCUT2D eigenvalue weighted by atomic mass is 9.83. The van der Waals surface area contributed by atoms with Gasteiger partial charge in [-0.25, -0.2) is 14.8 Å². The summed E-state index contributed by atoms with van der Waals surface area (Å²) in [4.78, 5) is 65.9. The first-order chi connectivity index (χ1) is 35.4. The third kappa shape index (κ3) is 10.0. The molecule has 7 aromatic rings. The highest BCUT2D eigenvalue weighted by Crippen LogP contribution is 2.37. The zero-order valence-corrected chi connectivity index (χ0v) is 42.5. The van der Waals surface area contributed by atoms with Gasteiger partial charge >= 0.3 is 5.97 Å². The number of carboxylic acid groups (broad SMARTS) is 1. The Morgan fingerprint density at radius 1 is 0.890 bits per heavy atom. The zero-order chi connectivity index (χ0) is 50.3. The molecule has 0 spiro atoms. The van der Waals surface area contributed by atoms with Gasteiger partial charge in [-0.15, -0.1) is 0 Å². The lowest BCUT2D eigenvalue weighted by Crippen LogP contribution is -2.49. The lowest BCUT2D eigenvalue weighted by molar-refractivity contribution is -0.369. The van der Waals surface area contributed by atoms with Crippen molar-refractivity contribution < 1.29 is 34.0 Å². The summed E-state index contributed by atoms with van der Waals surface area (Å²) in [5.41, 5.74) is 8.85. The average molecular weight is 1000 g/mol. The topological polar surface area (TPSA) is 176 Å². The lowest BCUT2D eigenvalue weighted by Gasteiger charge is -2.39. The van der Waals surface area contributed by atoms with Gasteiger partial charge in [-0.2, -0.15) is 5.10 Å². The van der Waals surface area contributed by atoms with Gasteiger partial charge in [-0.1, -0.05) is 41.7 Å². The summed E-state index contributed by atoms with van der Waals surface area (Å²) in [5, 5.41) is 22.2. The molecule has 3 amide bonds. The van der Waals surface area contributed by atoms with Crippen LogP contribution in [0, 0.1) is 12.8 Å². The molecule has 4 aliphatic rings. The second kappa shape index (κ2) is 20.4. The number of aromatic amines is 1. The number of amides is 3. The molecule has 2 atom stereocenters. The van der Waals surface area contributed by atoms with Crippen LogP contribution in [0.5, 0.6) is 5.75 Å². The molecule has 11 rings (SSSR count). The van der Waals surface area contributed by atoms with E-state index in [1.165, 1.54) is 29.9 Å². The van der Waals surface area contributed by atoms with Crippen LogP contribution < -0.4 is 30.2 Å². The van der Waals surface area contributed by atoms with Gasteiger partial charge in [0.2, 0.25) is 17.5 Å². The standard InChI is InChI=1S/C57H61N9O6S/c1-34-31-40(18-20-41(34)42-21-23-50(59-53(42)56(70)71)66-26-25-37-7-6-8-43(46(37)33-66)54(68)61-57-58-47-9-4-5-10-49(47)73-57)72-39-16-13-36(14-17-39)12-11-35(2)64-27-29-65(30-28-64)38-15-19-44-48(32-38)63(3)62-52(44)45-22-24-51(67)60-55(45)69/h4-10,15,18-21,23,31-32,35-36,39,45H,11-14,16-17,22,24-30,33H2,1-3H3,(H,70,71)(H,58,61,68)(H,60,67,69)/p+1/t35-,36?,39?,45?/m0/s1. The van der Waals surface area contributed by atoms with E-state index in [1.54, 1.807) is 0 Å². The predicted octanol–water partition coefficient (Wildman–Crippen LogP) is 8.93. The Bertz CT molecular complexity index is 3230. The number of para-hydroxylation sites is 1. The molecule has 73 heavy (non-hydrogen) atoms. The van der Waals surface area contributed by atoms with Crippen LogP contribution in [-0.2, 0) is 29.6 Å². The molecular formula is C57H62N9O6S+.